The molecule has 0 spiro atoms. The average Bonchev–Trinajstić information content (AvgIpc) is 2.46. The molecule has 5 heteroatoms. The Morgan fingerprint density at radius 2 is 1.90 bits per heavy atom. The fraction of sp³-hybridized carbons (Fsp3) is 0.875. The largest absolute Gasteiger partial charge is 0.351 e. The van der Waals surface area contributed by atoms with E-state index in [1.54, 1.807) is 0 Å². The molecular formula is C16H32N3O2+. The monoisotopic (exact) mass is 298 g/mol. The number of quaternary nitrogens is 1. The second kappa shape index (κ2) is 9.03. The molecule has 0 saturated heterocycles. The molecule has 1 aliphatic carbocycles. The highest BCUT2D eigenvalue weighted by molar-refractivity contribution is 5.81. The van der Waals surface area contributed by atoms with Crippen molar-refractivity contribution >= 4 is 11.8 Å². The summed E-state index contributed by atoms with van der Waals surface area (Å²) < 4.78 is 0. The van der Waals surface area contributed by atoms with Crippen LogP contribution >= 0.6 is 0 Å². The van der Waals surface area contributed by atoms with Crippen molar-refractivity contribution in [2.24, 2.45) is 5.92 Å². The molecule has 0 bridgehead atoms. The first-order chi connectivity index (χ1) is 9.99. The van der Waals surface area contributed by atoms with Crippen LogP contribution in [-0.2, 0) is 9.59 Å². The van der Waals surface area contributed by atoms with Gasteiger partial charge in [0.2, 0.25) is 0 Å². The van der Waals surface area contributed by atoms with Crippen LogP contribution in [0.1, 0.15) is 53.4 Å². The van der Waals surface area contributed by atoms with E-state index in [0.717, 1.165) is 17.9 Å². The van der Waals surface area contributed by atoms with Crippen LogP contribution in [0.5, 0.6) is 0 Å². The number of carbonyl (C=O) groups excluding carboxylic acids is 2. The number of nitrogens with one attached hydrogen (secondary N) is 3. The van der Waals surface area contributed by atoms with Crippen molar-refractivity contribution in [1.29, 1.82) is 0 Å². The van der Waals surface area contributed by atoms with Gasteiger partial charge in [0.25, 0.3) is 11.8 Å². The highest BCUT2D eigenvalue weighted by Gasteiger charge is 2.29. The van der Waals surface area contributed by atoms with Crippen LogP contribution < -0.4 is 15.5 Å². The molecule has 1 saturated carbocycles. The lowest BCUT2D eigenvalue weighted by Gasteiger charge is -2.31. The van der Waals surface area contributed by atoms with Gasteiger partial charge < -0.3 is 15.5 Å². The van der Waals surface area contributed by atoms with Gasteiger partial charge in [0.1, 0.15) is 0 Å². The Morgan fingerprint density at radius 3 is 2.48 bits per heavy atom. The number of hydrogen-bond acceptors (Lipinski definition) is 2. The molecule has 0 heterocycles. The third-order valence-electron chi connectivity index (χ3n) is 4.66. The van der Waals surface area contributed by atoms with Crippen LogP contribution in [0.2, 0.25) is 0 Å². The zero-order valence-corrected chi connectivity index (χ0v) is 14.0. The smallest absolute Gasteiger partial charge is 0.278 e. The van der Waals surface area contributed by atoms with Gasteiger partial charge in [-0.05, 0) is 39.5 Å². The van der Waals surface area contributed by atoms with Crippen LogP contribution in [0.15, 0.2) is 0 Å². The van der Waals surface area contributed by atoms with Crippen molar-refractivity contribution < 1.29 is 14.5 Å². The van der Waals surface area contributed by atoms with Gasteiger partial charge in [-0.2, -0.15) is 0 Å². The Balaban J connectivity index is 2.51. The summed E-state index contributed by atoms with van der Waals surface area (Å²) in [6, 6.07) is 0.114. The molecule has 0 aromatic rings. The highest BCUT2D eigenvalue weighted by Crippen LogP contribution is 2.23. The minimum atomic E-state index is -0.188. The Labute approximate surface area is 128 Å². The molecule has 0 aromatic carbocycles. The summed E-state index contributed by atoms with van der Waals surface area (Å²) in [5.41, 5.74) is 0. The molecule has 1 fully saturated rings. The highest BCUT2D eigenvalue weighted by atomic mass is 16.2. The third-order valence-corrected chi connectivity index (χ3v) is 4.66. The van der Waals surface area contributed by atoms with Gasteiger partial charge in [0.15, 0.2) is 12.6 Å². The van der Waals surface area contributed by atoms with E-state index < -0.39 is 0 Å². The van der Waals surface area contributed by atoms with E-state index in [2.05, 4.69) is 17.6 Å². The van der Waals surface area contributed by atoms with Gasteiger partial charge in [0, 0.05) is 12.6 Å². The molecular weight excluding hydrogens is 266 g/mol. The minimum Gasteiger partial charge on any atom is -0.351 e. The van der Waals surface area contributed by atoms with E-state index in [9.17, 15) is 9.59 Å². The van der Waals surface area contributed by atoms with Crippen LogP contribution in [-0.4, -0.2) is 43.5 Å². The Morgan fingerprint density at radius 1 is 1.24 bits per heavy atom. The molecule has 0 radical (unpaired) electrons. The maximum absolute atomic E-state index is 12.4. The zero-order valence-electron chi connectivity index (χ0n) is 14.0. The number of amides is 2. The first-order valence-electron chi connectivity index (χ1n) is 8.41. The van der Waals surface area contributed by atoms with Crippen molar-refractivity contribution in [3.8, 4) is 0 Å². The summed E-state index contributed by atoms with van der Waals surface area (Å²) in [6.07, 6.45) is 4.75. The number of likely N-dealkylation sites (N-methyl/N-ethyl adjacent to an activating group) is 2. The lowest BCUT2D eigenvalue weighted by atomic mass is 9.86. The normalized spacial score (nSPS) is 25.0. The summed E-state index contributed by atoms with van der Waals surface area (Å²) in [4.78, 5) is 25.2. The lowest BCUT2D eigenvalue weighted by Crippen LogP contribution is -3.17. The van der Waals surface area contributed by atoms with Crippen LogP contribution in [0.3, 0.4) is 0 Å². The van der Waals surface area contributed by atoms with Crippen molar-refractivity contribution in [3.63, 3.8) is 0 Å². The predicted molar refractivity (Wildman–Crippen MR) is 84.1 cm³/mol. The number of carbonyl (C=O) groups is 2. The summed E-state index contributed by atoms with van der Waals surface area (Å²) >= 11 is 0. The summed E-state index contributed by atoms with van der Waals surface area (Å²) in [5.74, 6) is 0.651. The Hall–Kier alpha value is -1.10. The summed E-state index contributed by atoms with van der Waals surface area (Å²) in [5, 5.41) is 6.00. The summed E-state index contributed by atoms with van der Waals surface area (Å²) in [6.45, 7) is 9.82. The molecule has 1 rings (SSSR count). The first kappa shape index (κ1) is 18.0. The fourth-order valence-electron chi connectivity index (χ4n) is 3.07. The first-order valence-corrected chi connectivity index (χ1v) is 8.41. The van der Waals surface area contributed by atoms with Gasteiger partial charge in [-0.15, -0.1) is 0 Å². The molecule has 2 amide bonds. The van der Waals surface area contributed by atoms with E-state index in [-0.39, 0.29) is 17.9 Å². The molecule has 0 aromatic heterocycles. The Bertz CT molecular complexity index is 346. The average molecular weight is 298 g/mol. The maximum atomic E-state index is 12.4. The van der Waals surface area contributed by atoms with Crippen molar-refractivity contribution in [3.05, 3.63) is 0 Å². The van der Waals surface area contributed by atoms with Gasteiger partial charge in [-0.3, -0.25) is 9.59 Å². The SMILES string of the molecule is CCNC(=O)C[NH+](CC)[C@@H](C)C(=O)N[C@@H]1CCCC[C@@H]1C. The van der Waals surface area contributed by atoms with Crippen molar-refractivity contribution in [2.75, 3.05) is 19.6 Å². The molecule has 1 aliphatic rings. The van der Waals surface area contributed by atoms with Gasteiger partial charge in [-0.1, -0.05) is 19.8 Å². The molecule has 21 heavy (non-hydrogen) atoms. The van der Waals surface area contributed by atoms with Crippen LogP contribution in [0, 0.1) is 5.92 Å². The molecule has 4 atom stereocenters. The molecule has 1 unspecified atom stereocenters. The molecule has 0 aliphatic heterocycles. The lowest BCUT2D eigenvalue weighted by molar-refractivity contribution is -0.904. The second-order valence-corrected chi connectivity index (χ2v) is 6.24. The van der Waals surface area contributed by atoms with Crippen LogP contribution in [0.25, 0.3) is 0 Å². The molecule has 5 nitrogen and oxygen atoms in total. The molecule has 3 N–H and O–H groups in total. The van der Waals surface area contributed by atoms with E-state index in [1.807, 2.05) is 20.8 Å². The maximum Gasteiger partial charge on any atom is 0.278 e. The van der Waals surface area contributed by atoms with Gasteiger partial charge in [0.05, 0.1) is 6.54 Å². The van der Waals surface area contributed by atoms with Crippen LogP contribution in [0.4, 0.5) is 0 Å². The Kier molecular flexibility index (Phi) is 7.72. The second-order valence-electron chi connectivity index (χ2n) is 6.24. The van der Waals surface area contributed by atoms with Crippen molar-refractivity contribution in [1.82, 2.24) is 10.6 Å². The van der Waals surface area contributed by atoms with E-state index in [4.69, 9.17) is 0 Å². The topological polar surface area (TPSA) is 62.6 Å². The van der Waals surface area contributed by atoms with Gasteiger partial charge >= 0.3 is 0 Å². The summed E-state index contributed by atoms with van der Waals surface area (Å²) in [7, 11) is 0. The zero-order chi connectivity index (χ0) is 15.8. The van der Waals surface area contributed by atoms with E-state index >= 15 is 0 Å². The van der Waals surface area contributed by atoms with Gasteiger partial charge in [-0.25, -0.2) is 0 Å². The molecule has 122 valence electrons. The number of rotatable bonds is 7. The van der Waals surface area contributed by atoms with E-state index in [0.29, 0.717) is 25.0 Å². The fourth-order valence-corrected chi connectivity index (χ4v) is 3.07. The predicted octanol–water partition coefficient (Wildman–Crippen LogP) is 0.111. The number of hydrogen-bond donors (Lipinski definition) is 3. The van der Waals surface area contributed by atoms with E-state index in [1.165, 1.54) is 19.3 Å². The third kappa shape index (κ3) is 5.65. The minimum absolute atomic E-state index is 0.0139. The standard InChI is InChI=1S/C16H31N3O2/c1-5-17-15(20)11-19(6-2)13(4)16(21)18-14-10-8-7-9-12(14)3/h12-14H,5-11H2,1-4H3,(H,17,20)(H,18,21)/p+1/t12-,13-,14+/m0/s1. The van der Waals surface area contributed by atoms with Crippen molar-refractivity contribution in [2.45, 2.75) is 65.5 Å². The quantitative estimate of drug-likeness (QED) is 0.625.